The highest BCUT2D eigenvalue weighted by Crippen LogP contribution is 2.24. The molecule has 108 valence electrons. The third-order valence-corrected chi connectivity index (χ3v) is 3.25. The number of nitrogens with zero attached hydrogens (tertiary/aromatic N) is 2. The average molecular weight is 265 g/mol. The van der Waals surface area contributed by atoms with E-state index in [2.05, 4.69) is 49.1 Å². The van der Waals surface area contributed by atoms with Gasteiger partial charge in [0.1, 0.15) is 5.75 Å². The highest BCUT2D eigenvalue weighted by atomic mass is 16.3. The second-order valence-corrected chi connectivity index (χ2v) is 4.97. The van der Waals surface area contributed by atoms with Crippen molar-refractivity contribution in [2.45, 2.75) is 20.4 Å². The summed E-state index contributed by atoms with van der Waals surface area (Å²) < 4.78 is 0. The number of nitrogens with one attached hydrogen (secondary N) is 1. The number of hydrogen-bond acceptors (Lipinski definition) is 4. The van der Waals surface area contributed by atoms with E-state index >= 15 is 0 Å². The predicted octanol–water partition coefficient (Wildman–Crippen LogP) is 1.89. The van der Waals surface area contributed by atoms with Crippen molar-refractivity contribution in [1.82, 2.24) is 10.2 Å². The highest BCUT2D eigenvalue weighted by molar-refractivity contribution is 5.53. The molecule has 0 saturated heterocycles. The molecule has 0 saturated carbocycles. The van der Waals surface area contributed by atoms with Gasteiger partial charge in [0.25, 0.3) is 0 Å². The van der Waals surface area contributed by atoms with Crippen molar-refractivity contribution in [3.05, 3.63) is 23.8 Å². The van der Waals surface area contributed by atoms with Crippen LogP contribution in [-0.2, 0) is 6.54 Å². The Balaban J connectivity index is 2.57. The first-order valence-corrected chi connectivity index (χ1v) is 7.00. The van der Waals surface area contributed by atoms with Crippen molar-refractivity contribution >= 4 is 5.69 Å². The summed E-state index contributed by atoms with van der Waals surface area (Å²) in [5.74, 6) is 0.377. The lowest BCUT2D eigenvalue weighted by molar-refractivity contribution is 0.398. The first-order chi connectivity index (χ1) is 9.08. The number of phenolic OH excluding ortho intramolecular Hbond substituents is 1. The summed E-state index contributed by atoms with van der Waals surface area (Å²) >= 11 is 0. The van der Waals surface area contributed by atoms with Crippen molar-refractivity contribution in [1.29, 1.82) is 0 Å². The van der Waals surface area contributed by atoms with Gasteiger partial charge < -0.3 is 20.2 Å². The van der Waals surface area contributed by atoms with E-state index in [4.69, 9.17) is 0 Å². The smallest absolute Gasteiger partial charge is 0.122 e. The molecule has 0 heterocycles. The molecule has 0 radical (unpaired) electrons. The molecule has 4 nitrogen and oxygen atoms in total. The number of aromatic hydroxyl groups is 1. The number of rotatable bonds is 8. The van der Waals surface area contributed by atoms with Gasteiger partial charge in [-0.25, -0.2) is 0 Å². The van der Waals surface area contributed by atoms with Crippen molar-refractivity contribution in [2.75, 3.05) is 45.2 Å². The van der Waals surface area contributed by atoms with Crippen LogP contribution in [0.2, 0.25) is 0 Å². The van der Waals surface area contributed by atoms with E-state index in [1.165, 1.54) is 0 Å². The molecule has 0 fully saturated rings. The fourth-order valence-electron chi connectivity index (χ4n) is 2.01. The van der Waals surface area contributed by atoms with Crippen LogP contribution >= 0.6 is 0 Å². The van der Waals surface area contributed by atoms with Crippen LogP contribution in [0.25, 0.3) is 0 Å². The second kappa shape index (κ2) is 8.02. The van der Waals surface area contributed by atoms with E-state index in [0.29, 0.717) is 12.3 Å². The van der Waals surface area contributed by atoms with E-state index in [9.17, 15) is 5.11 Å². The zero-order chi connectivity index (χ0) is 14.3. The maximum atomic E-state index is 10.1. The Hall–Kier alpha value is -1.26. The molecule has 0 spiro atoms. The molecule has 0 amide bonds. The first-order valence-electron chi connectivity index (χ1n) is 7.00. The molecule has 0 aliphatic heterocycles. The molecule has 1 aromatic rings. The van der Waals surface area contributed by atoms with Crippen LogP contribution in [0.15, 0.2) is 18.2 Å². The van der Waals surface area contributed by atoms with Crippen LogP contribution in [0, 0.1) is 0 Å². The van der Waals surface area contributed by atoms with Gasteiger partial charge in [0.2, 0.25) is 0 Å². The summed E-state index contributed by atoms with van der Waals surface area (Å²) in [6, 6.07) is 5.94. The minimum atomic E-state index is 0.377. The summed E-state index contributed by atoms with van der Waals surface area (Å²) in [6.07, 6.45) is 0. The van der Waals surface area contributed by atoms with Crippen LogP contribution in [-0.4, -0.2) is 50.3 Å². The number of benzene rings is 1. The fourth-order valence-corrected chi connectivity index (χ4v) is 2.01. The van der Waals surface area contributed by atoms with Gasteiger partial charge >= 0.3 is 0 Å². The Morgan fingerprint density at radius 1 is 1.16 bits per heavy atom. The van der Waals surface area contributed by atoms with Gasteiger partial charge in [0, 0.05) is 50.0 Å². The van der Waals surface area contributed by atoms with E-state index in [1.807, 2.05) is 12.1 Å². The normalized spacial score (nSPS) is 11.0. The second-order valence-electron chi connectivity index (χ2n) is 4.97. The van der Waals surface area contributed by atoms with E-state index < -0.39 is 0 Å². The first kappa shape index (κ1) is 15.8. The summed E-state index contributed by atoms with van der Waals surface area (Å²) in [5.41, 5.74) is 2.04. The molecule has 4 heteroatoms. The maximum absolute atomic E-state index is 10.1. The molecule has 2 N–H and O–H groups in total. The van der Waals surface area contributed by atoms with Crippen LogP contribution in [0.5, 0.6) is 5.75 Å². The lowest BCUT2D eigenvalue weighted by Crippen LogP contribution is -2.26. The van der Waals surface area contributed by atoms with Gasteiger partial charge in [-0.2, -0.15) is 0 Å². The molecule has 0 unspecified atom stereocenters. The molecular weight excluding hydrogens is 238 g/mol. The SMILES string of the molecule is CCN(CC)c1ccc(CNCCN(C)C)c(O)c1. The monoisotopic (exact) mass is 265 g/mol. The van der Waals surface area contributed by atoms with Gasteiger partial charge in [-0.05, 0) is 34.0 Å². The molecule has 0 aliphatic rings. The van der Waals surface area contributed by atoms with Gasteiger partial charge in [-0.3, -0.25) is 0 Å². The third kappa shape index (κ3) is 5.09. The third-order valence-electron chi connectivity index (χ3n) is 3.25. The molecule has 19 heavy (non-hydrogen) atoms. The van der Waals surface area contributed by atoms with Crippen LogP contribution < -0.4 is 10.2 Å². The summed E-state index contributed by atoms with van der Waals surface area (Å²) in [5, 5.41) is 13.4. The standard InChI is InChI=1S/C15H27N3O/c1-5-18(6-2)14-8-7-13(15(19)11-14)12-16-9-10-17(3)4/h7-8,11,16,19H,5-6,9-10,12H2,1-4H3. The lowest BCUT2D eigenvalue weighted by Gasteiger charge is -2.21. The minimum Gasteiger partial charge on any atom is -0.508 e. The Kier molecular flexibility index (Phi) is 6.67. The van der Waals surface area contributed by atoms with Gasteiger partial charge in [-0.1, -0.05) is 6.07 Å². The van der Waals surface area contributed by atoms with Gasteiger partial charge in [0.05, 0.1) is 0 Å². The quantitative estimate of drug-likeness (QED) is 0.704. The Labute approximate surface area is 117 Å². The molecule has 0 bridgehead atoms. The molecule has 1 rings (SSSR count). The number of likely N-dealkylation sites (N-methyl/N-ethyl adjacent to an activating group) is 1. The van der Waals surface area contributed by atoms with Crippen molar-refractivity contribution in [3.8, 4) is 5.75 Å². The Morgan fingerprint density at radius 2 is 1.84 bits per heavy atom. The number of anilines is 1. The van der Waals surface area contributed by atoms with Crippen molar-refractivity contribution in [3.63, 3.8) is 0 Å². The maximum Gasteiger partial charge on any atom is 0.122 e. The number of phenols is 1. The number of hydrogen-bond donors (Lipinski definition) is 2. The zero-order valence-corrected chi connectivity index (χ0v) is 12.6. The summed E-state index contributed by atoms with van der Waals surface area (Å²) in [4.78, 5) is 4.36. The minimum absolute atomic E-state index is 0.377. The lowest BCUT2D eigenvalue weighted by atomic mass is 10.1. The van der Waals surface area contributed by atoms with Gasteiger partial charge in [0.15, 0.2) is 0 Å². The molecular formula is C15H27N3O. The molecule has 0 aromatic heterocycles. The summed E-state index contributed by atoms with van der Waals surface area (Å²) in [6.45, 7) is 8.78. The van der Waals surface area contributed by atoms with Crippen molar-refractivity contribution in [2.24, 2.45) is 0 Å². The fraction of sp³-hybridized carbons (Fsp3) is 0.600. The average Bonchev–Trinajstić information content (AvgIpc) is 2.38. The molecule has 0 atom stereocenters. The van der Waals surface area contributed by atoms with Crippen LogP contribution in [0.4, 0.5) is 5.69 Å². The summed E-state index contributed by atoms with van der Waals surface area (Å²) in [7, 11) is 4.11. The van der Waals surface area contributed by atoms with E-state index in [-0.39, 0.29) is 0 Å². The zero-order valence-electron chi connectivity index (χ0n) is 12.6. The van der Waals surface area contributed by atoms with E-state index in [1.54, 1.807) is 0 Å². The highest BCUT2D eigenvalue weighted by Gasteiger charge is 2.06. The topological polar surface area (TPSA) is 38.7 Å². The van der Waals surface area contributed by atoms with Gasteiger partial charge in [-0.15, -0.1) is 0 Å². The van der Waals surface area contributed by atoms with Crippen LogP contribution in [0.1, 0.15) is 19.4 Å². The molecule has 0 aliphatic carbocycles. The molecule has 1 aromatic carbocycles. The Morgan fingerprint density at radius 3 is 2.37 bits per heavy atom. The van der Waals surface area contributed by atoms with E-state index in [0.717, 1.165) is 37.4 Å². The Bertz CT molecular complexity index is 376. The van der Waals surface area contributed by atoms with Crippen molar-refractivity contribution < 1.29 is 5.11 Å². The predicted molar refractivity (Wildman–Crippen MR) is 81.9 cm³/mol. The largest absolute Gasteiger partial charge is 0.508 e. The van der Waals surface area contributed by atoms with Crippen LogP contribution in [0.3, 0.4) is 0 Å².